The number of nitrogens with one attached hydrogen (secondary N) is 2. The first-order chi connectivity index (χ1) is 13.9. The highest BCUT2D eigenvalue weighted by Crippen LogP contribution is 2.14. The number of rotatable bonds is 13. The molecule has 0 fully saturated rings. The van der Waals surface area contributed by atoms with Crippen molar-refractivity contribution in [1.29, 1.82) is 0 Å². The number of aryl methyl sites for hydroxylation is 1. The standard InChI is InChI=1S/C22H30N2O5/c1-4-16-28-20(25)13-10-18-8-11-19(12-9-18)29-22(27)24-15-7-5-6-14-23-21(26)17(2)3/h4,8-9,11-12H,1-2,5-7,10,13-16H2,3H3,(H,23,26)(H,24,27). The fourth-order valence-electron chi connectivity index (χ4n) is 2.31. The molecule has 0 aliphatic carbocycles. The zero-order chi connectivity index (χ0) is 21.5. The molecule has 0 saturated heterocycles. The maximum absolute atomic E-state index is 11.8. The van der Waals surface area contributed by atoms with Crippen molar-refractivity contribution in [3.05, 3.63) is 54.6 Å². The monoisotopic (exact) mass is 402 g/mol. The second-order valence-electron chi connectivity index (χ2n) is 6.53. The predicted octanol–water partition coefficient (Wildman–Crippen LogP) is 3.30. The molecule has 2 N–H and O–H groups in total. The summed E-state index contributed by atoms with van der Waals surface area (Å²) in [5.41, 5.74) is 1.44. The highest BCUT2D eigenvalue weighted by atomic mass is 16.6. The van der Waals surface area contributed by atoms with Crippen LogP contribution in [0.3, 0.4) is 0 Å². The molecule has 1 aromatic rings. The first kappa shape index (κ1) is 23.9. The third-order valence-electron chi connectivity index (χ3n) is 3.91. The molecule has 0 aromatic heterocycles. The van der Waals surface area contributed by atoms with Crippen LogP contribution < -0.4 is 15.4 Å². The van der Waals surface area contributed by atoms with E-state index < -0.39 is 6.09 Å². The molecule has 29 heavy (non-hydrogen) atoms. The zero-order valence-corrected chi connectivity index (χ0v) is 17.0. The number of unbranched alkanes of at least 4 members (excludes halogenated alkanes) is 2. The van der Waals surface area contributed by atoms with Crippen LogP contribution in [-0.2, 0) is 20.7 Å². The van der Waals surface area contributed by atoms with E-state index in [0.29, 0.717) is 30.8 Å². The average molecular weight is 402 g/mol. The number of ether oxygens (including phenoxy) is 2. The lowest BCUT2D eigenvalue weighted by atomic mass is 10.1. The average Bonchev–Trinajstić information content (AvgIpc) is 2.70. The molecule has 0 atom stereocenters. The van der Waals surface area contributed by atoms with E-state index in [4.69, 9.17) is 9.47 Å². The third-order valence-corrected chi connectivity index (χ3v) is 3.91. The fraction of sp³-hybridized carbons (Fsp3) is 0.409. The van der Waals surface area contributed by atoms with Gasteiger partial charge in [0.15, 0.2) is 0 Å². The fourth-order valence-corrected chi connectivity index (χ4v) is 2.31. The van der Waals surface area contributed by atoms with Crippen molar-refractivity contribution in [2.24, 2.45) is 0 Å². The van der Waals surface area contributed by atoms with Gasteiger partial charge in [-0.25, -0.2) is 4.79 Å². The first-order valence-electron chi connectivity index (χ1n) is 9.67. The van der Waals surface area contributed by atoms with Crippen LogP contribution in [0, 0.1) is 0 Å². The smallest absolute Gasteiger partial charge is 0.412 e. The number of hydrogen-bond donors (Lipinski definition) is 2. The van der Waals surface area contributed by atoms with E-state index in [1.54, 1.807) is 19.1 Å². The minimum atomic E-state index is -0.513. The summed E-state index contributed by atoms with van der Waals surface area (Å²) in [7, 11) is 0. The Morgan fingerprint density at radius 2 is 1.69 bits per heavy atom. The lowest BCUT2D eigenvalue weighted by Gasteiger charge is -2.08. The highest BCUT2D eigenvalue weighted by Gasteiger charge is 2.06. The van der Waals surface area contributed by atoms with Gasteiger partial charge in [0.05, 0.1) is 0 Å². The van der Waals surface area contributed by atoms with Crippen molar-refractivity contribution in [2.75, 3.05) is 19.7 Å². The Morgan fingerprint density at radius 3 is 2.31 bits per heavy atom. The topological polar surface area (TPSA) is 93.7 Å². The molecule has 2 amide bonds. The van der Waals surface area contributed by atoms with Crippen LogP contribution in [0.4, 0.5) is 4.79 Å². The van der Waals surface area contributed by atoms with Gasteiger partial charge in [-0.3, -0.25) is 9.59 Å². The Kier molecular flexibility index (Phi) is 11.5. The van der Waals surface area contributed by atoms with Gasteiger partial charge >= 0.3 is 12.1 Å². The Balaban J connectivity index is 2.16. The van der Waals surface area contributed by atoms with Gasteiger partial charge in [0, 0.05) is 25.1 Å². The molecular formula is C22H30N2O5. The minimum Gasteiger partial charge on any atom is -0.461 e. The molecule has 158 valence electrons. The second-order valence-corrected chi connectivity index (χ2v) is 6.53. The lowest BCUT2D eigenvalue weighted by molar-refractivity contribution is -0.142. The summed E-state index contributed by atoms with van der Waals surface area (Å²) < 4.78 is 10.1. The van der Waals surface area contributed by atoms with Crippen LogP contribution >= 0.6 is 0 Å². The molecule has 0 radical (unpaired) electrons. The number of carbonyl (C=O) groups is 3. The van der Waals surface area contributed by atoms with E-state index in [0.717, 1.165) is 24.8 Å². The normalized spacial score (nSPS) is 9.97. The van der Waals surface area contributed by atoms with Crippen molar-refractivity contribution in [2.45, 2.75) is 39.0 Å². The van der Waals surface area contributed by atoms with E-state index in [-0.39, 0.29) is 24.9 Å². The first-order valence-corrected chi connectivity index (χ1v) is 9.67. The number of benzene rings is 1. The van der Waals surface area contributed by atoms with Gasteiger partial charge in [0.1, 0.15) is 12.4 Å². The van der Waals surface area contributed by atoms with Crippen LogP contribution in [-0.4, -0.2) is 37.7 Å². The van der Waals surface area contributed by atoms with Gasteiger partial charge in [0.2, 0.25) is 5.91 Å². The van der Waals surface area contributed by atoms with Crippen molar-refractivity contribution in [1.82, 2.24) is 10.6 Å². The summed E-state index contributed by atoms with van der Waals surface area (Å²) in [6.45, 7) is 10.0. The van der Waals surface area contributed by atoms with Crippen molar-refractivity contribution < 1.29 is 23.9 Å². The lowest BCUT2D eigenvalue weighted by Crippen LogP contribution is -2.28. The molecule has 0 spiro atoms. The van der Waals surface area contributed by atoms with Crippen molar-refractivity contribution >= 4 is 18.0 Å². The van der Waals surface area contributed by atoms with Gasteiger partial charge in [-0.15, -0.1) is 0 Å². The summed E-state index contributed by atoms with van der Waals surface area (Å²) in [4.78, 5) is 34.6. The summed E-state index contributed by atoms with van der Waals surface area (Å²) >= 11 is 0. The van der Waals surface area contributed by atoms with Gasteiger partial charge in [0.25, 0.3) is 0 Å². The molecule has 1 rings (SSSR count). The molecule has 0 bridgehead atoms. The van der Waals surface area contributed by atoms with Crippen molar-refractivity contribution in [3.8, 4) is 5.75 Å². The molecule has 0 heterocycles. The highest BCUT2D eigenvalue weighted by molar-refractivity contribution is 5.92. The Bertz CT molecular complexity index is 698. The van der Waals surface area contributed by atoms with Gasteiger partial charge in [-0.2, -0.15) is 0 Å². The van der Waals surface area contributed by atoms with Gasteiger partial charge in [-0.1, -0.05) is 31.4 Å². The van der Waals surface area contributed by atoms with Gasteiger partial charge in [-0.05, 0) is 50.3 Å². The van der Waals surface area contributed by atoms with Gasteiger partial charge < -0.3 is 20.1 Å². The van der Waals surface area contributed by atoms with Crippen molar-refractivity contribution in [3.63, 3.8) is 0 Å². The minimum absolute atomic E-state index is 0.134. The Hall–Kier alpha value is -3.09. The molecule has 0 aliphatic heterocycles. The maximum Gasteiger partial charge on any atom is 0.412 e. The van der Waals surface area contributed by atoms with Crippen LogP contribution in [0.25, 0.3) is 0 Å². The Morgan fingerprint density at radius 1 is 1.03 bits per heavy atom. The van der Waals surface area contributed by atoms with E-state index >= 15 is 0 Å². The summed E-state index contributed by atoms with van der Waals surface area (Å²) in [5, 5.41) is 5.45. The number of carbonyl (C=O) groups excluding carboxylic acids is 3. The Labute approximate surface area is 172 Å². The van der Waals surface area contributed by atoms with E-state index in [1.165, 1.54) is 6.08 Å². The van der Waals surface area contributed by atoms with E-state index in [9.17, 15) is 14.4 Å². The summed E-state index contributed by atoms with van der Waals surface area (Å²) in [6.07, 6.45) is 4.35. The molecule has 1 aromatic carbocycles. The predicted molar refractivity (Wildman–Crippen MR) is 112 cm³/mol. The number of esters is 1. The summed E-state index contributed by atoms with van der Waals surface area (Å²) in [5.74, 6) is 0.0242. The maximum atomic E-state index is 11.8. The van der Waals surface area contributed by atoms with Crippen LogP contribution in [0.1, 0.15) is 38.2 Å². The van der Waals surface area contributed by atoms with E-state index in [1.807, 2.05) is 12.1 Å². The molecule has 0 aliphatic rings. The zero-order valence-electron chi connectivity index (χ0n) is 17.0. The second kappa shape index (κ2) is 14.0. The van der Waals surface area contributed by atoms with Crippen LogP contribution in [0.15, 0.2) is 49.1 Å². The number of amides is 2. The molecule has 7 nitrogen and oxygen atoms in total. The quantitative estimate of drug-likeness (QED) is 0.229. The van der Waals surface area contributed by atoms with Crippen LogP contribution in [0.2, 0.25) is 0 Å². The summed E-state index contributed by atoms with van der Waals surface area (Å²) in [6, 6.07) is 6.99. The van der Waals surface area contributed by atoms with E-state index in [2.05, 4.69) is 23.8 Å². The third kappa shape index (κ3) is 11.4. The molecule has 7 heteroatoms. The SMILES string of the molecule is C=CCOC(=O)CCc1ccc(OC(=O)NCCCCCNC(=O)C(=C)C)cc1. The molecule has 0 unspecified atom stereocenters. The van der Waals surface area contributed by atoms with Crippen LogP contribution in [0.5, 0.6) is 5.75 Å². The number of hydrogen-bond acceptors (Lipinski definition) is 5. The molecular weight excluding hydrogens is 372 g/mol. The largest absolute Gasteiger partial charge is 0.461 e. The molecule has 0 saturated carbocycles.